The first kappa shape index (κ1) is 13.1. The molecule has 0 spiro atoms. The van der Waals surface area contributed by atoms with Crippen LogP contribution in [0.25, 0.3) is 0 Å². The van der Waals surface area contributed by atoms with Gasteiger partial charge in [-0.15, -0.1) is 0 Å². The van der Waals surface area contributed by atoms with Crippen molar-refractivity contribution >= 4 is 18.6 Å². The molecule has 2 nitrogen and oxygen atoms in total. The predicted molar refractivity (Wildman–Crippen MR) is 68.9 cm³/mol. The molecular formula is C13H18O2S. The molecule has 0 aromatic heterocycles. The Labute approximate surface area is 102 Å². The normalized spacial score (nSPS) is 12.1. The third-order valence-corrected chi connectivity index (χ3v) is 2.73. The van der Waals surface area contributed by atoms with Gasteiger partial charge in [0.15, 0.2) is 0 Å². The Balaban J connectivity index is 2.64. The van der Waals surface area contributed by atoms with Crippen LogP contribution in [0.15, 0.2) is 30.3 Å². The fraction of sp³-hybridized carbons (Fsp3) is 0.462. The highest BCUT2D eigenvalue weighted by Gasteiger charge is 2.15. The average molecular weight is 238 g/mol. The number of carbonyl (C=O) groups excluding carboxylic acids is 1. The van der Waals surface area contributed by atoms with E-state index in [1.54, 1.807) is 0 Å². The van der Waals surface area contributed by atoms with Crippen molar-refractivity contribution in [2.45, 2.75) is 25.7 Å². The fourth-order valence-electron chi connectivity index (χ4n) is 1.69. The molecule has 1 rings (SSSR count). The van der Waals surface area contributed by atoms with E-state index < -0.39 is 0 Å². The summed E-state index contributed by atoms with van der Waals surface area (Å²) in [5, 5.41) is 0. The van der Waals surface area contributed by atoms with Gasteiger partial charge in [-0.05, 0) is 30.6 Å². The van der Waals surface area contributed by atoms with E-state index in [-0.39, 0.29) is 11.9 Å². The fourth-order valence-corrected chi connectivity index (χ4v) is 2.00. The zero-order valence-electron chi connectivity index (χ0n) is 9.56. The summed E-state index contributed by atoms with van der Waals surface area (Å²) >= 11 is 4.23. The lowest BCUT2D eigenvalue weighted by Crippen LogP contribution is -2.11. The van der Waals surface area contributed by atoms with Gasteiger partial charge in [-0.1, -0.05) is 30.3 Å². The van der Waals surface area contributed by atoms with Crippen LogP contribution in [0.2, 0.25) is 0 Å². The molecule has 1 atom stereocenters. The Morgan fingerprint density at radius 2 is 2.06 bits per heavy atom. The van der Waals surface area contributed by atoms with Crippen LogP contribution in [0.5, 0.6) is 0 Å². The van der Waals surface area contributed by atoms with Crippen molar-refractivity contribution in [3.63, 3.8) is 0 Å². The van der Waals surface area contributed by atoms with Crippen molar-refractivity contribution in [2.75, 3.05) is 12.4 Å². The summed E-state index contributed by atoms with van der Waals surface area (Å²) in [6.45, 7) is 2.27. The van der Waals surface area contributed by atoms with Gasteiger partial charge in [0.05, 0.1) is 13.0 Å². The second-order valence-corrected chi connectivity index (χ2v) is 4.08. The van der Waals surface area contributed by atoms with Crippen molar-refractivity contribution < 1.29 is 9.53 Å². The lowest BCUT2D eigenvalue weighted by Gasteiger charge is -2.15. The van der Waals surface area contributed by atoms with Gasteiger partial charge in [0, 0.05) is 0 Å². The molecule has 1 aromatic rings. The maximum Gasteiger partial charge on any atom is 0.306 e. The first-order chi connectivity index (χ1) is 7.77. The molecule has 0 aliphatic carbocycles. The van der Waals surface area contributed by atoms with Crippen molar-refractivity contribution in [1.29, 1.82) is 0 Å². The van der Waals surface area contributed by atoms with Crippen LogP contribution < -0.4 is 0 Å². The zero-order valence-corrected chi connectivity index (χ0v) is 10.5. The van der Waals surface area contributed by atoms with Gasteiger partial charge in [0.1, 0.15) is 0 Å². The van der Waals surface area contributed by atoms with Crippen molar-refractivity contribution in [2.24, 2.45) is 0 Å². The Bertz CT molecular complexity index is 311. The summed E-state index contributed by atoms with van der Waals surface area (Å²) in [5.74, 6) is 0.870. The molecule has 88 valence electrons. The van der Waals surface area contributed by atoms with Crippen molar-refractivity contribution in [3.8, 4) is 0 Å². The molecule has 3 heteroatoms. The first-order valence-electron chi connectivity index (χ1n) is 5.59. The molecule has 0 heterocycles. The van der Waals surface area contributed by atoms with E-state index in [2.05, 4.69) is 12.6 Å². The molecule has 0 amide bonds. The topological polar surface area (TPSA) is 26.3 Å². The average Bonchev–Trinajstić information content (AvgIpc) is 2.30. The van der Waals surface area contributed by atoms with Gasteiger partial charge in [0.25, 0.3) is 0 Å². The van der Waals surface area contributed by atoms with Gasteiger partial charge >= 0.3 is 5.97 Å². The smallest absolute Gasteiger partial charge is 0.306 e. The second-order valence-electron chi connectivity index (χ2n) is 3.63. The van der Waals surface area contributed by atoms with E-state index in [4.69, 9.17) is 4.74 Å². The van der Waals surface area contributed by atoms with E-state index in [1.807, 2.05) is 37.3 Å². The summed E-state index contributed by atoms with van der Waals surface area (Å²) in [5.41, 5.74) is 1.18. The van der Waals surface area contributed by atoms with Crippen LogP contribution in [-0.4, -0.2) is 18.3 Å². The summed E-state index contributed by atoms with van der Waals surface area (Å²) in [6, 6.07) is 10.1. The molecular weight excluding hydrogens is 220 g/mol. The largest absolute Gasteiger partial charge is 0.466 e. The second kappa shape index (κ2) is 7.34. The Kier molecular flexibility index (Phi) is 6.01. The van der Waals surface area contributed by atoms with Crippen LogP contribution in [0, 0.1) is 0 Å². The van der Waals surface area contributed by atoms with Crippen LogP contribution in [0.4, 0.5) is 0 Å². The third-order valence-electron chi connectivity index (χ3n) is 2.47. The predicted octanol–water partition coefficient (Wildman–Crippen LogP) is 3.04. The number of hydrogen-bond acceptors (Lipinski definition) is 3. The van der Waals surface area contributed by atoms with Crippen molar-refractivity contribution in [3.05, 3.63) is 35.9 Å². The van der Waals surface area contributed by atoms with E-state index in [0.29, 0.717) is 13.0 Å². The first-order valence-corrected chi connectivity index (χ1v) is 6.22. The molecule has 0 radical (unpaired) electrons. The van der Waals surface area contributed by atoms with Crippen LogP contribution in [0.3, 0.4) is 0 Å². The van der Waals surface area contributed by atoms with Crippen LogP contribution in [0.1, 0.15) is 31.2 Å². The zero-order chi connectivity index (χ0) is 11.8. The molecule has 16 heavy (non-hydrogen) atoms. The highest BCUT2D eigenvalue weighted by atomic mass is 32.1. The number of thiol groups is 1. The minimum absolute atomic E-state index is 0.127. The van der Waals surface area contributed by atoms with Crippen LogP contribution in [-0.2, 0) is 9.53 Å². The summed E-state index contributed by atoms with van der Waals surface area (Å²) in [7, 11) is 0. The number of rotatable bonds is 6. The SMILES string of the molecule is CCOC(=O)CC(CCS)c1ccccc1. The monoisotopic (exact) mass is 238 g/mol. The molecule has 1 unspecified atom stereocenters. The van der Waals surface area contributed by atoms with Gasteiger partial charge in [-0.3, -0.25) is 4.79 Å². The molecule has 0 aliphatic rings. The molecule has 1 aromatic carbocycles. The van der Waals surface area contributed by atoms with Crippen LogP contribution >= 0.6 is 12.6 Å². The van der Waals surface area contributed by atoms with Gasteiger partial charge in [-0.2, -0.15) is 12.6 Å². The van der Waals surface area contributed by atoms with E-state index in [1.165, 1.54) is 5.56 Å². The lowest BCUT2D eigenvalue weighted by molar-refractivity contribution is -0.143. The van der Waals surface area contributed by atoms with Gasteiger partial charge in [0.2, 0.25) is 0 Å². The number of ether oxygens (including phenoxy) is 1. The minimum Gasteiger partial charge on any atom is -0.466 e. The molecule has 0 N–H and O–H groups in total. The number of benzene rings is 1. The Morgan fingerprint density at radius 1 is 1.38 bits per heavy atom. The lowest BCUT2D eigenvalue weighted by atomic mass is 9.93. The molecule has 0 aliphatic heterocycles. The maximum absolute atomic E-state index is 11.5. The van der Waals surface area contributed by atoms with Gasteiger partial charge in [-0.25, -0.2) is 0 Å². The highest BCUT2D eigenvalue weighted by molar-refractivity contribution is 7.80. The molecule has 0 saturated heterocycles. The number of esters is 1. The maximum atomic E-state index is 11.5. The Morgan fingerprint density at radius 3 is 2.62 bits per heavy atom. The van der Waals surface area contributed by atoms with E-state index in [0.717, 1.165) is 12.2 Å². The molecule has 0 bridgehead atoms. The van der Waals surface area contributed by atoms with E-state index in [9.17, 15) is 4.79 Å². The Hall–Kier alpha value is -0.960. The standard InChI is InChI=1S/C13H18O2S/c1-2-15-13(14)10-12(8-9-16)11-6-4-3-5-7-11/h3-7,12,16H,2,8-10H2,1H3. The summed E-state index contributed by atoms with van der Waals surface area (Å²) < 4.78 is 4.98. The molecule has 0 saturated carbocycles. The number of carbonyl (C=O) groups is 1. The molecule has 0 fully saturated rings. The number of hydrogen-bond donors (Lipinski definition) is 1. The summed E-state index contributed by atoms with van der Waals surface area (Å²) in [4.78, 5) is 11.5. The minimum atomic E-state index is -0.127. The highest BCUT2D eigenvalue weighted by Crippen LogP contribution is 2.24. The van der Waals surface area contributed by atoms with E-state index >= 15 is 0 Å². The van der Waals surface area contributed by atoms with Gasteiger partial charge < -0.3 is 4.74 Å². The quantitative estimate of drug-likeness (QED) is 0.609. The summed E-state index contributed by atoms with van der Waals surface area (Å²) in [6.07, 6.45) is 1.34. The third kappa shape index (κ3) is 4.27. The van der Waals surface area contributed by atoms with Crippen molar-refractivity contribution in [1.82, 2.24) is 0 Å².